The molecule has 2 amide bonds. The van der Waals surface area contributed by atoms with Gasteiger partial charge < -0.3 is 25.3 Å². The number of nitrogens with one attached hydrogen (secondary N) is 1. The summed E-state index contributed by atoms with van der Waals surface area (Å²) in [5.41, 5.74) is 11.8. The maximum absolute atomic E-state index is 12.7. The molecule has 0 aliphatic carbocycles. The second-order valence-corrected chi connectivity index (χ2v) is 10.2. The number of amides is 2. The molecular weight excluding hydrogens is 492 g/mol. The number of nitrogens with two attached hydrogens (primary N) is 1. The Labute approximate surface area is 228 Å². The molecule has 9 nitrogen and oxygen atoms in total. The Balaban J connectivity index is 1.77. The lowest BCUT2D eigenvalue weighted by molar-refractivity contribution is -0.114. The number of carbonyl (C=O) groups is 2. The number of hydrogen-bond donors (Lipinski definition) is 2. The van der Waals surface area contributed by atoms with E-state index in [4.69, 9.17) is 10.5 Å². The Bertz CT molecular complexity index is 1550. The minimum Gasteiger partial charge on any atom is -0.383 e. The summed E-state index contributed by atoms with van der Waals surface area (Å²) in [6, 6.07) is 15.1. The highest BCUT2D eigenvalue weighted by Gasteiger charge is 2.23. The maximum Gasteiger partial charge on any atom is 0.253 e. The number of nitrogen functional groups attached to an aromatic ring is 1. The van der Waals surface area contributed by atoms with Crippen LogP contribution in [0.25, 0.3) is 33.4 Å². The van der Waals surface area contributed by atoms with Crippen LogP contribution >= 0.6 is 0 Å². The minimum absolute atomic E-state index is 0.147. The first kappa shape index (κ1) is 27.5. The molecular formula is C30H34N6O3. The van der Waals surface area contributed by atoms with Gasteiger partial charge in [-0.15, -0.1) is 0 Å². The number of fused-ring (bicyclic) bond motifs is 1. The molecule has 0 fully saturated rings. The average molecular weight is 527 g/mol. The summed E-state index contributed by atoms with van der Waals surface area (Å²) in [7, 11) is 5.27. The molecule has 4 aromatic rings. The highest BCUT2D eigenvalue weighted by atomic mass is 16.5. The number of methoxy groups -OCH3 is 1. The number of anilines is 2. The summed E-state index contributed by atoms with van der Waals surface area (Å²) in [4.78, 5) is 35.4. The van der Waals surface area contributed by atoms with Crippen molar-refractivity contribution in [1.29, 1.82) is 0 Å². The van der Waals surface area contributed by atoms with Gasteiger partial charge in [-0.1, -0.05) is 30.8 Å². The average Bonchev–Trinajstić information content (AvgIpc) is 3.24. The van der Waals surface area contributed by atoms with Crippen LogP contribution in [0.5, 0.6) is 0 Å². The zero-order valence-corrected chi connectivity index (χ0v) is 23.2. The number of aromatic nitrogens is 3. The Morgan fingerprint density at radius 2 is 1.69 bits per heavy atom. The van der Waals surface area contributed by atoms with Gasteiger partial charge in [0.15, 0.2) is 0 Å². The van der Waals surface area contributed by atoms with Gasteiger partial charge in [-0.2, -0.15) is 0 Å². The van der Waals surface area contributed by atoms with E-state index in [1.165, 1.54) is 6.33 Å². The van der Waals surface area contributed by atoms with Crippen molar-refractivity contribution in [2.75, 3.05) is 31.3 Å². The number of carbonyl (C=O) groups excluding carboxylic acids is 2. The van der Waals surface area contributed by atoms with Crippen LogP contribution in [-0.2, 0) is 16.6 Å². The lowest BCUT2D eigenvalue weighted by Gasteiger charge is -2.23. The zero-order valence-electron chi connectivity index (χ0n) is 23.2. The molecule has 202 valence electrons. The van der Waals surface area contributed by atoms with Crippen molar-refractivity contribution in [2.24, 2.45) is 7.05 Å². The largest absolute Gasteiger partial charge is 0.383 e. The number of likely N-dealkylation sites (N-methyl/N-ethyl adjacent to an activating group) is 1. The highest BCUT2D eigenvalue weighted by molar-refractivity contribution is 6.08. The number of aryl methyl sites for hydroxylation is 1. The van der Waals surface area contributed by atoms with Crippen LogP contribution < -0.4 is 16.0 Å². The van der Waals surface area contributed by atoms with Gasteiger partial charge in [0.2, 0.25) is 0 Å². The van der Waals surface area contributed by atoms with Crippen LogP contribution in [0.1, 0.15) is 31.1 Å². The number of benzene rings is 2. The third kappa shape index (κ3) is 5.39. The van der Waals surface area contributed by atoms with E-state index in [1.54, 1.807) is 38.1 Å². The lowest BCUT2D eigenvalue weighted by atomic mass is 9.97. The molecule has 2 aromatic carbocycles. The van der Waals surface area contributed by atoms with Crippen LogP contribution in [0.3, 0.4) is 0 Å². The molecule has 0 aliphatic heterocycles. The van der Waals surface area contributed by atoms with Gasteiger partial charge in [-0.3, -0.25) is 9.59 Å². The molecule has 0 spiro atoms. The van der Waals surface area contributed by atoms with E-state index in [-0.39, 0.29) is 11.8 Å². The van der Waals surface area contributed by atoms with Crippen LogP contribution in [0.15, 0.2) is 67.0 Å². The van der Waals surface area contributed by atoms with E-state index in [1.807, 2.05) is 61.9 Å². The molecule has 0 bridgehead atoms. The Hall–Kier alpha value is -4.50. The predicted octanol–water partition coefficient (Wildman–Crippen LogP) is 4.58. The smallest absolute Gasteiger partial charge is 0.253 e. The van der Waals surface area contributed by atoms with Crippen molar-refractivity contribution < 1.29 is 14.3 Å². The van der Waals surface area contributed by atoms with E-state index >= 15 is 0 Å². The molecule has 0 saturated carbocycles. The molecule has 0 aliphatic rings. The predicted molar refractivity (Wildman–Crippen MR) is 155 cm³/mol. The van der Waals surface area contributed by atoms with Crippen LogP contribution in [0.2, 0.25) is 0 Å². The summed E-state index contributed by atoms with van der Waals surface area (Å²) in [6.45, 7) is 9.64. The Morgan fingerprint density at radius 1 is 1.08 bits per heavy atom. The molecule has 2 aromatic heterocycles. The van der Waals surface area contributed by atoms with Gasteiger partial charge >= 0.3 is 0 Å². The first-order valence-electron chi connectivity index (χ1n) is 12.5. The normalized spacial score (nSPS) is 11.4. The molecule has 9 heteroatoms. The quantitative estimate of drug-likeness (QED) is 0.325. The molecule has 0 unspecified atom stereocenters. The zero-order chi connectivity index (χ0) is 28.5. The third-order valence-electron chi connectivity index (χ3n) is 6.86. The summed E-state index contributed by atoms with van der Waals surface area (Å²) in [5.74, 6) is 0.0339. The lowest BCUT2D eigenvalue weighted by Crippen LogP contribution is -2.39. The second kappa shape index (κ2) is 10.7. The van der Waals surface area contributed by atoms with E-state index in [0.29, 0.717) is 29.1 Å². The summed E-state index contributed by atoms with van der Waals surface area (Å²) >= 11 is 0. The molecule has 39 heavy (non-hydrogen) atoms. The van der Waals surface area contributed by atoms with Crippen molar-refractivity contribution in [2.45, 2.75) is 26.4 Å². The van der Waals surface area contributed by atoms with E-state index in [0.717, 1.165) is 33.5 Å². The minimum atomic E-state index is -0.465. The van der Waals surface area contributed by atoms with Crippen LogP contribution in [-0.4, -0.2) is 52.7 Å². The van der Waals surface area contributed by atoms with Gasteiger partial charge in [0.25, 0.3) is 11.8 Å². The maximum atomic E-state index is 12.7. The fraction of sp³-hybridized carbons (Fsp3) is 0.267. The molecule has 0 saturated heterocycles. The molecule has 0 atom stereocenters. The SMILES string of the molecule is C=C(C)C(=O)N(C)c1ccc(-c2c(-c3ccc(C(=O)NCC(C)(C)OC)cc3)c3c(N)ncnc3n2C)cc1. The fourth-order valence-electron chi connectivity index (χ4n) is 4.40. The number of hydrogen-bond acceptors (Lipinski definition) is 6. The topological polar surface area (TPSA) is 115 Å². The molecule has 2 heterocycles. The standard InChI is InChI=1S/C30H34N6O3/c1-18(2)29(38)35(5)22-14-12-20(13-15-22)25-23(24-26(31)33-17-34-27(24)36(25)6)19-8-10-21(11-9-19)28(37)32-16-30(3,4)39-7/h8-15,17H,1,16H2,2-7H3,(H,32,37)(H2,31,33,34). The number of nitrogens with zero attached hydrogens (tertiary/aromatic N) is 4. The summed E-state index contributed by atoms with van der Waals surface area (Å²) in [5, 5.41) is 3.65. The fourth-order valence-corrected chi connectivity index (χ4v) is 4.40. The van der Waals surface area contributed by atoms with Gasteiger partial charge in [-0.25, -0.2) is 9.97 Å². The monoisotopic (exact) mass is 526 g/mol. The molecule has 0 radical (unpaired) electrons. The number of rotatable bonds is 8. The van der Waals surface area contributed by atoms with Crippen LogP contribution in [0, 0.1) is 0 Å². The summed E-state index contributed by atoms with van der Waals surface area (Å²) in [6.07, 6.45) is 1.45. The van der Waals surface area contributed by atoms with Crippen molar-refractivity contribution in [1.82, 2.24) is 19.9 Å². The van der Waals surface area contributed by atoms with Gasteiger partial charge in [0.1, 0.15) is 17.8 Å². The van der Waals surface area contributed by atoms with Gasteiger partial charge in [0, 0.05) is 50.1 Å². The summed E-state index contributed by atoms with van der Waals surface area (Å²) < 4.78 is 7.37. The van der Waals surface area contributed by atoms with E-state index < -0.39 is 5.60 Å². The van der Waals surface area contributed by atoms with E-state index in [9.17, 15) is 9.59 Å². The van der Waals surface area contributed by atoms with Crippen molar-refractivity contribution >= 4 is 34.4 Å². The van der Waals surface area contributed by atoms with Crippen molar-refractivity contribution in [3.05, 3.63) is 72.6 Å². The molecule has 3 N–H and O–H groups in total. The highest BCUT2D eigenvalue weighted by Crippen LogP contribution is 2.41. The van der Waals surface area contributed by atoms with Crippen LogP contribution in [0.4, 0.5) is 11.5 Å². The Morgan fingerprint density at radius 3 is 2.28 bits per heavy atom. The third-order valence-corrected chi connectivity index (χ3v) is 6.86. The Kier molecular flexibility index (Phi) is 7.56. The number of ether oxygens (including phenoxy) is 1. The second-order valence-electron chi connectivity index (χ2n) is 10.2. The van der Waals surface area contributed by atoms with Gasteiger partial charge in [-0.05, 0) is 56.2 Å². The first-order chi connectivity index (χ1) is 18.4. The van der Waals surface area contributed by atoms with E-state index in [2.05, 4.69) is 21.9 Å². The van der Waals surface area contributed by atoms with Crippen molar-refractivity contribution in [3.63, 3.8) is 0 Å². The van der Waals surface area contributed by atoms with Gasteiger partial charge in [0.05, 0.1) is 16.7 Å². The van der Waals surface area contributed by atoms with Crippen molar-refractivity contribution in [3.8, 4) is 22.4 Å². The molecule has 4 rings (SSSR count). The first-order valence-corrected chi connectivity index (χ1v) is 12.5.